The predicted molar refractivity (Wildman–Crippen MR) is 105 cm³/mol. The zero-order valence-electron chi connectivity index (χ0n) is 14.8. The fourth-order valence-corrected chi connectivity index (χ4v) is 4.38. The fraction of sp³-hybridized carbons (Fsp3) is 0.300. The number of hydrogen-bond donors (Lipinski definition) is 1. The number of imide groups is 1. The van der Waals surface area contributed by atoms with E-state index in [1.165, 1.54) is 16.0 Å². The molecule has 0 radical (unpaired) electrons. The summed E-state index contributed by atoms with van der Waals surface area (Å²) in [5.74, 6) is -0.310. The Morgan fingerprint density at radius 1 is 1.11 bits per heavy atom. The Hall–Kier alpha value is -2.08. The quantitative estimate of drug-likeness (QED) is 0.793. The Morgan fingerprint density at radius 2 is 1.85 bits per heavy atom. The second kappa shape index (κ2) is 6.82. The van der Waals surface area contributed by atoms with E-state index in [0.29, 0.717) is 22.2 Å². The molecular weight excluding hydrogens is 385 g/mol. The molecule has 0 unspecified atom stereocenters. The molecule has 1 atom stereocenters. The van der Waals surface area contributed by atoms with Crippen LogP contribution in [0.1, 0.15) is 23.6 Å². The Labute approximate surface area is 167 Å². The molecular formula is C20H19Cl2N3O2. The topological polar surface area (TPSA) is 52.7 Å². The van der Waals surface area contributed by atoms with Gasteiger partial charge in [-0.15, -0.1) is 0 Å². The molecule has 5 nitrogen and oxygen atoms in total. The average Bonchev–Trinajstić information content (AvgIpc) is 2.85. The third-order valence-corrected chi connectivity index (χ3v) is 5.84. The highest BCUT2D eigenvalue weighted by atomic mass is 35.5. The van der Waals surface area contributed by atoms with Crippen LogP contribution < -0.4 is 5.32 Å². The van der Waals surface area contributed by atoms with Crippen LogP contribution in [0.4, 0.5) is 4.79 Å². The van der Waals surface area contributed by atoms with Crippen LogP contribution in [0.3, 0.4) is 0 Å². The van der Waals surface area contributed by atoms with Crippen molar-refractivity contribution in [3.63, 3.8) is 0 Å². The molecule has 2 aliphatic rings. The SMILES string of the molecule is C[C@]1(c2ccc(Cl)cc2Cl)NC(=O)N(CN2CCc3ccccc3C2)C1=O. The molecule has 0 saturated carbocycles. The van der Waals surface area contributed by atoms with E-state index in [1.807, 2.05) is 12.1 Å². The molecule has 2 aliphatic heterocycles. The number of nitrogens with zero attached hydrogens (tertiary/aromatic N) is 2. The summed E-state index contributed by atoms with van der Waals surface area (Å²) in [6, 6.07) is 12.8. The first kappa shape index (κ1) is 18.3. The molecule has 1 N–H and O–H groups in total. The van der Waals surface area contributed by atoms with Gasteiger partial charge in [-0.3, -0.25) is 9.69 Å². The number of carbonyl (C=O) groups is 2. The van der Waals surface area contributed by atoms with Crippen LogP contribution in [0.15, 0.2) is 42.5 Å². The van der Waals surface area contributed by atoms with Gasteiger partial charge in [0.1, 0.15) is 5.54 Å². The predicted octanol–water partition coefficient (Wildman–Crippen LogP) is 3.78. The van der Waals surface area contributed by atoms with Crippen molar-refractivity contribution < 1.29 is 9.59 Å². The largest absolute Gasteiger partial charge is 0.326 e. The third-order valence-electron chi connectivity index (χ3n) is 5.30. The van der Waals surface area contributed by atoms with E-state index in [2.05, 4.69) is 22.3 Å². The molecule has 140 valence electrons. The van der Waals surface area contributed by atoms with E-state index in [0.717, 1.165) is 13.0 Å². The minimum Gasteiger partial charge on any atom is -0.319 e. The molecule has 0 aromatic heterocycles. The Morgan fingerprint density at radius 3 is 2.59 bits per heavy atom. The number of hydrogen-bond acceptors (Lipinski definition) is 3. The van der Waals surface area contributed by atoms with Gasteiger partial charge in [0.2, 0.25) is 0 Å². The summed E-state index contributed by atoms with van der Waals surface area (Å²) in [7, 11) is 0. The van der Waals surface area contributed by atoms with Crippen molar-refractivity contribution in [2.24, 2.45) is 0 Å². The lowest BCUT2D eigenvalue weighted by molar-refractivity contribution is -0.132. The number of amides is 3. The van der Waals surface area contributed by atoms with Crippen LogP contribution in [-0.2, 0) is 23.3 Å². The van der Waals surface area contributed by atoms with Crippen molar-refractivity contribution in [1.29, 1.82) is 0 Å². The van der Waals surface area contributed by atoms with E-state index in [-0.39, 0.29) is 12.6 Å². The van der Waals surface area contributed by atoms with E-state index in [4.69, 9.17) is 23.2 Å². The summed E-state index contributed by atoms with van der Waals surface area (Å²) < 4.78 is 0. The third kappa shape index (κ3) is 3.20. The molecule has 2 aromatic carbocycles. The monoisotopic (exact) mass is 403 g/mol. The highest BCUT2D eigenvalue weighted by molar-refractivity contribution is 6.35. The van der Waals surface area contributed by atoms with Crippen molar-refractivity contribution >= 4 is 35.1 Å². The normalized spacial score (nSPS) is 22.7. The zero-order chi connectivity index (χ0) is 19.2. The Bertz CT molecular complexity index is 933. The number of fused-ring (bicyclic) bond motifs is 1. The molecule has 1 fully saturated rings. The number of halogens is 2. The number of urea groups is 1. The molecule has 2 heterocycles. The van der Waals surface area contributed by atoms with Crippen molar-refractivity contribution in [3.8, 4) is 0 Å². The van der Waals surface area contributed by atoms with Gasteiger partial charge >= 0.3 is 6.03 Å². The van der Waals surface area contributed by atoms with Gasteiger partial charge in [0.05, 0.1) is 6.67 Å². The fourth-order valence-electron chi connectivity index (χ4n) is 3.78. The Kier molecular flexibility index (Phi) is 4.62. The van der Waals surface area contributed by atoms with E-state index < -0.39 is 11.6 Å². The summed E-state index contributed by atoms with van der Waals surface area (Å²) in [5.41, 5.74) is 1.90. The average molecular weight is 404 g/mol. The van der Waals surface area contributed by atoms with Crippen LogP contribution in [0.2, 0.25) is 10.0 Å². The van der Waals surface area contributed by atoms with Crippen molar-refractivity contribution in [2.75, 3.05) is 13.2 Å². The standard InChI is InChI=1S/C20H19Cl2N3O2/c1-20(16-7-6-15(21)10-17(16)22)18(26)25(19(27)23-20)12-24-9-8-13-4-2-3-5-14(13)11-24/h2-7,10H,8-9,11-12H2,1H3,(H,23,27)/t20-/m1/s1. The molecule has 1 saturated heterocycles. The summed E-state index contributed by atoms with van der Waals surface area (Å²) in [4.78, 5) is 29.1. The first-order valence-electron chi connectivity index (χ1n) is 8.77. The van der Waals surface area contributed by atoms with Gasteiger partial charge in [-0.2, -0.15) is 0 Å². The molecule has 2 aromatic rings. The van der Waals surface area contributed by atoms with Gasteiger partial charge < -0.3 is 5.32 Å². The second-order valence-corrected chi connectivity index (χ2v) is 7.97. The lowest BCUT2D eigenvalue weighted by Gasteiger charge is -2.31. The van der Waals surface area contributed by atoms with Gasteiger partial charge in [-0.1, -0.05) is 53.5 Å². The maximum Gasteiger partial charge on any atom is 0.326 e. The summed E-state index contributed by atoms with van der Waals surface area (Å²) >= 11 is 12.3. The molecule has 7 heteroatoms. The lowest BCUT2D eigenvalue weighted by atomic mass is 9.92. The molecule has 3 amide bonds. The molecule has 4 rings (SSSR count). The number of nitrogens with one attached hydrogen (secondary N) is 1. The number of rotatable bonds is 3. The summed E-state index contributed by atoms with van der Waals surface area (Å²) in [6.45, 7) is 3.44. The van der Waals surface area contributed by atoms with Gasteiger partial charge in [0, 0.05) is 28.7 Å². The van der Waals surface area contributed by atoms with E-state index >= 15 is 0 Å². The van der Waals surface area contributed by atoms with E-state index in [9.17, 15) is 9.59 Å². The van der Waals surface area contributed by atoms with Crippen LogP contribution in [0.5, 0.6) is 0 Å². The minimum atomic E-state index is -1.20. The molecule has 0 aliphatic carbocycles. The number of benzene rings is 2. The smallest absolute Gasteiger partial charge is 0.319 e. The van der Waals surface area contributed by atoms with Gasteiger partial charge in [0.15, 0.2) is 0 Å². The second-order valence-electron chi connectivity index (χ2n) is 7.13. The number of carbonyl (C=O) groups excluding carboxylic acids is 2. The minimum absolute atomic E-state index is 0.250. The van der Waals surface area contributed by atoms with Crippen molar-refractivity contribution in [2.45, 2.75) is 25.4 Å². The van der Waals surface area contributed by atoms with Crippen LogP contribution in [0, 0.1) is 0 Å². The lowest BCUT2D eigenvalue weighted by Crippen LogP contribution is -2.45. The Balaban J connectivity index is 1.55. The molecule has 0 bridgehead atoms. The van der Waals surface area contributed by atoms with Crippen LogP contribution in [-0.4, -0.2) is 35.0 Å². The zero-order valence-corrected chi connectivity index (χ0v) is 16.3. The molecule has 0 spiro atoms. The first-order valence-corrected chi connectivity index (χ1v) is 9.53. The maximum atomic E-state index is 13.1. The van der Waals surface area contributed by atoms with Crippen molar-refractivity contribution in [3.05, 3.63) is 69.2 Å². The van der Waals surface area contributed by atoms with Gasteiger partial charge in [-0.25, -0.2) is 9.69 Å². The summed E-state index contributed by atoms with van der Waals surface area (Å²) in [5, 5.41) is 3.63. The van der Waals surface area contributed by atoms with Gasteiger partial charge in [0.25, 0.3) is 5.91 Å². The van der Waals surface area contributed by atoms with Gasteiger partial charge in [-0.05, 0) is 36.6 Å². The van der Waals surface area contributed by atoms with Crippen LogP contribution >= 0.6 is 23.2 Å². The van der Waals surface area contributed by atoms with Crippen LogP contribution in [0.25, 0.3) is 0 Å². The van der Waals surface area contributed by atoms with E-state index in [1.54, 1.807) is 25.1 Å². The summed E-state index contributed by atoms with van der Waals surface area (Å²) in [6.07, 6.45) is 0.903. The first-order chi connectivity index (χ1) is 12.9. The highest BCUT2D eigenvalue weighted by Gasteiger charge is 2.50. The highest BCUT2D eigenvalue weighted by Crippen LogP contribution is 2.35. The maximum absolute atomic E-state index is 13.1. The molecule has 27 heavy (non-hydrogen) atoms. The van der Waals surface area contributed by atoms with Crippen molar-refractivity contribution in [1.82, 2.24) is 15.1 Å².